The number of aryl methyl sites for hydroxylation is 1. The van der Waals surface area contributed by atoms with Gasteiger partial charge in [0.15, 0.2) is 0 Å². The van der Waals surface area contributed by atoms with Gasteiger partial charge >= 0.3 is 0 Å². The van der Waals surface area contributed by atoms with Gasteiger partial charge in [0.2, 0.25) is 10.5 Å². The van der Waals surface area contributed by atoms with Gasteiger partial charge in [0.05, 0.1) is 6.10 Å². The lowest BCUT2D eigenvalue weighted by Crippen LogP contribution is -2.31. The van der Waals surface area contributed by atoms with Crippen LogP contribution in [0.5, 0.6) is 0 Å². The van der Waals surface area contributed by atoms with E-state index in [1.807, 2.05) is 72.8 Å². The molecule has 1 atom stereocenters. The summed E-state index contributed by atoms with van der Waals surface area (Å²) in [6, 6.07) is 28.3. The van der Waals surface area contributed by atoms with E-state index in [4.69, 9.17) is 16.0 Å². The van der Waals surface area contributed by atoms with Gasteiger partial charge in [-0.15, -0.1) is 11.6 Å². The Kier molecular flexibility index (Phi) is 5.19. The Morgan fingerprint density at radius 1 is 0.792 bits per heavy atom. The molecule has 3 heteroatoms. The van der Waals surface area contributed by atoms with Crippen molar-refractivity contribution in [2.24, 2.45) is 0 Å². The van der Waals surface area contributed by atoms with Crippen LogP contribution in [0.3, 0.4) is 0 Å². The van der Waals surface area contributed by atoms with Crippen LogP contribution in [-0.4, -0.2) is 10.5 Å². The molecule has 24 heavy (non-hydrogen) atoms. The molecular formula is C21H18ClOSi. The van der Waals surface area contributed by atoms with Crippen LogP contribution in [0.15, 0.2) is 84.9 Å². The number of alkyl halides is 1. The van der Waals surface area contributed by atoms with Gasteiger partial charge in [0.1, 0.15) is 4.87 Å². The summed E-state index contributed by atoms with van der Waals surface area (Å²) < 4.78 is 5.76. The summed E-state index contributed by atoms with van der Waals surface area (Å²) >= 11 is 7.31. The molecule has 3 radical (unpaired) electrons. The number of halogens is 1. The van der Waals surface area contributed by atoms with E-state index in [1.54, 1.807) is 0 Å². The molecule has 0 aliphatic heterocycles. The van der Waals surface area contributed by atoms with E-state index in [0.717, 1.165) is 22.3 Å². The first-order valence-corrected chi connectivity index (χ1v) is 8.64. The maximum absolute atomic E-state index is 7.31. The van der Waals surface area contributed by atoms with E-state index in [-0.39, 0.29) is 6.10 Å². The Balaban J connectivity index is 2.23. The molecule has 0 aromatic heterocycles. The minimum absolute atomic E-state index is 0.387. The van der Waals surface area contributed by atoms with E-state index in [0.29, 0.717) is 0 Å². The van der Waals surface area contributed by atoms with Gasteiger partial charge < -0.3 is 4.43 Å². The molecule has 0 bridgehead atoms. The third kappa shape index (κ3) is 3.05. The predicted molar refractivity (Wildman–Crippen MR) is 100 cm³/mol. The van der Waals surface area contributed by atoms with Crippen molar-refractivity contribution < 1.29 is 4.43 Å². The lowest BCUT2D eigenvalue weighted by Gasteiger charge is -2.37. The highest BCUT2D eigenvalue weighted by Crippen LogP contribution is 2.48. The summed E-state index contributed by atoms with van der Waals surface area (Å²) in [5, 5.41) is 0. The molecule has 0 fully saturated rings. The first-order valence-electron chi connectivity index (χ1n) is 7.85. The van der Waals surface area contributed by atoms with Crippen molar-refractivity contribution in [3.05, 3.63) is 107 Å². The monoisotopic (exact) mass is 349 g/mol. The molecule has 0 amide bonds. The summed E-state index contributed by atoms with van der Waals surface area (Å²) in [6.07, 6.45) is -0.387. The highest BCUT2D eigenvalue weighted by Gasteiger charge is 2.42. The zero-order valence-electron chi connectivity index (χ0n) is 13.4. The molecule has 1 unspecified atom stereocenters. The second kappa shape index (κ2) is 7.35. The Morgan fingerprint density at radius 2 is 1.25 bits per heavy atom. The Hall–Kier alpha value is -1.87. The highest BCUT2D eigenvalue weighted by molar-refractivity contribution is 6.26. The first-order chi connectivity index (χ1) is 11.7. The van der Waals surface area contributed by atoms with Gasteiger partial charge in [0, 0.05) is 0 Å². The van der Waals surface area contributed by atoms with Gasteiger partial charge in [-0.3, -0.25) is 0 Å². The van der Waals surface area contributed by atoms with Crippen molar-refractivity contribution in [3.8, 4) is 0 Å². The van der Waals surface area contributed by atoms with Crippen LogP contribution < -0.4 is 0 Å². The van der Waals surface area contributed by atoms with Crippen molar-refractivity contribution in [1.82, 2.24) is 0 Å². The topological polar surface area (TPSA) is 9.23 Å². The number of hydrogen-bond acceptors (Lipinski definition) is 1. The van der Waals surface area contributed by atoms with Crippen LogP contribution in [0.2, 0.25) is 0 Å². The average Bonchev–Trinajstić information content (AvgIpc) is 2.65. The van der Waals surface area contributed by atoms with Crippen molar-refractivity contribution in [2.45, 2.75) is 17.9 Å². The van der Waals surface area contributed by atoms with Crippen molar-refractivity contribution >= 4 is 22.1 Å². The molecular weight excluding hydrogens is 332 g/mol. The van der Waals surface area contributed by atoms with Gasteiger partial charge in [-0.2, -0.15) is 0 Å². The molecule has 119 valence electrons. The minimum Gasteiger partial charge on any atom is -0.409 e. The molecule has 3 aromatic rings. The third-order valence-corrected chi connectivity index (χ3v) is 5.21. The normalized spacial score (nSPS) is 12.8. The van der Waals surface area contributed by atoms with Gasteiger partial charge in [-0.05, 0) is 29.2 Å². The van der Waals surface area contributed by atoms with Crippen LogP contribution in [-0.2, 0) is 9.30 Å². The lowest BCUT2D eigenvalue weighted by molar-refractivity contribution is 0.185. The fourth-order valence-corrected chi connectivity index (χ4v) is 3.86. The zero-order valence-corrected chi connectivity index (χ0v) is 15.2. The SMILES string of the molecule is Cc1ccccc1C(O[Si])C(Cl)(c1ccccc1)c1ccccc1. The lowest BCUT2D eigenvalue weighted by atomic mass is 9.81. The molecule has 0 aliphatic rings. The maximum atomic E-state index is 7.31. The minimum atomic E-state index is -0.851. The summed E-state index contributed by atoms with van der Waals surface area (Å²) in [5.74, 6) is 0. The van der Waals surface area contributed by atoms with Crippen LogP contribution in [0, 0.1) is 6.92 Å². The van der Waals surface area contributed by atoms with Gasteiger partial charge in [-0.1, -0.05) is 84.9 Å². The van der Waals surface area contributed by atoms with Crippen molar-refractivity contribution in [3.63, 3.8) is 0 Å². The smallest absolute Gasteiger partial charge is 0.247 e. The van der Waals surface area contributed by atoms with Crippen LogP contribution in [0.25, 0.3) is 0 Å². The molecule has 3 rings (SSSR count). The number of rotatable bonds is 5. The second-order valence-corrected chi connectivity index (χ2v) is 6.63. The number of hydrogen-bond donors (Lipinski definition) is 0. The standard InChI is InChI=1S/C21H18ClOSi/c1-16-10-8-9-15-19(16)20(23-24)21(22,17-11-4-2-5-12-17)18-13-6-3-7-14-18/h2-15,20H,1H3. The third-order valence-electron chi connectivity index (χ3n) is 4.34. The molecule has 0 spiro atoms. The zero-order chi connectivity index (χ0) is 17.0. The molecule has 0 heterocycles. The molecule has 0 saturated heterocycles. The molecule has 0 aliphatic carbocycles. The molecule has 3 aromatic carbocycles. The Morgan fingerprint density at radius 3 is 1.71 bits per heavy atom. The fraction of sp³-hybridized carbons (Fsp3) is 0.143. The largest absolute Gasteiger partial charge is 0.409 e. The molecule has 1 nitrogen and oxygen atoms in total. The summed E-state index contributed by atoms with van der Waals surface area (Å²) in [4.78, 5) is -0.851. The van der Waals surface area contributed by atoms with Crippen LogP contribution >= 0.6 is 11.6 Å². The van der Waals surface area contributed by atoms with E-state index < -0.39 is 4.87 Å². The molecule has 0 N–H and O–H groups in total. The second-order valence-electron chi connectivity index (χ2n) is 5.80. The van der Waals surface area contributed by atoms with Gasteiger partial charge in [0.25, 0.3) is 0 Å². The Labute approximate surface area is 151 Å². The van der Waals surface area contributed by atoms with E-state index >= 15 is 0 Å². The quantitative estimate of drug-likeness (QED) is 0.447. The first kappa shape index (κ1) is 17.0. The predicted octanol–water partition coefficient (Wildman–Crippen LogP) is 5.32. The average molecular weight is 350 g/mol. The Bertz CT molecular complexity index is 750. The molecule has 0 saturated carbocycles. The van der Waals surface area contributed by atoms with Crippen molar-refractivity contribution in [1.29, 1.82) is 0 Å². The highest BCUT2D eigenvalue weighted by atomic mass is 35.5. The van der Waals surface area contributed by atoms with E-state index in [9.17, 15) is 0 Å². The fourth-order valence-electron chi connectivity index (χ4n) is 3.07. The summed E-state index contributed by atoms with van der Waals surface area (Å²) in [7, 11) is 3.29. The summed E-state index contributed by atoms with van der Waals surface area (Å²) in [5.41, 5.74) is 4.17. The van der Waals surface area contributed by atoms with E-state index in [1.165, 1.54) is 0 Å². The van der Waals surface area contributed by atoms with Crippen molar-refractivity contribution in [2.75, 3.05) is 0 Å². The van der Waals surface area contributed by atoms with Crippen LogP contribution in [0.1, 0.15) is 28.4 Å². The number of benzene rings is 3. The maximum Gasteiger partial charge on any atom is 0.247 e. The van der Waals surface area contributed by atoms with Crippen LogP contribution in [0.4, 0.5) is 0 Å². The summed E-state index contributed by atoms with van der Waals surface area (Å²) in [6.45, 7) is 2.07. The van der Waals surface area contributed by atoms with Gasteiger partial charge in [-0.25, -0.2) is 0 Å². The van der Waals surface area contributed by atoms with E-state index in [2.05, 4.69) is 29.5 Å².